The molecule has 1 atom stereocenters. The summed E-state index contributed by atoms with van der Waals surface area (Å²) in [5.74, 6) is 0.958. The summed E-state index contributed by atoms with van der Waals surface area (Å²) in [6, 6.07) is 4.07. The molecule has 1 aliphatic rings. The lowest BCUT2D eigenvalue weighted by Crippen LogP contribution is -2.40. The van der Waals surface area contributed by atoms with Gasteiger partial charge < -0.3 is 9.73 Å². The number of nitrogens with one attached hydrogen (secondary N) is 1. The van der Waals surface area contributed by atoms with Crippen LogP contribution in [-0.2, 0) is 4.79 Å². The molecule has 4 nitrogen and oxygen atoms in total. The smallest absolute Gasteiger partial charge is 0.216 e. The second-order valence-corrected chi connectivity index (χ2v) is 4.56. The Balaban J connectivity index is 2.03. The lowest BCUT2D eigenvalue weighted by atomic mass is 10.1. The van der Waals surface area contributed by atoms with Gasteiger partial charge in [-0.25, -0.2) is 0 Å². The first-order chi connectivity index (χ1) is 8.27. The number of carbonyl (C=O) groups excluding carboxylic acids is 1. The van der Waals surface area contributed by atoms with Crippen LogP contribution in [0.2, 0.25) is 0 Å². The minimum absolute atomic E-state index is 0.0126. The molecule has 1 amide bonds. The van der Waals surface area contributed by atoms with Crippen LogP contribution in [0.25, 0.3) is 0 Å². The number of hydrogen-bond donors (Lipinski definition) is 1. The molecule has 1 saturated heterocycles. The van der Waals surface area contributed by atoms with Gasteiger partial charge in [-0.2, -0.15) is 0 Å². The van der Waals surface area contributed by atoms with Gasteiger partial charge in [-0.05, 0) is 38.1 Å². The predicted octanol–water partition coefficient (Wildman–Crippen LogP) is 1.94. The van der Waals surface area contributed by atoms with Crippen molar-refractivity contribution >= 4 is 5.91 Å². The van der Waals surface area contributed by atoms with E-state index in [1.165, 1.54) is 19.3 Å². The Morgan fingerprint density at radius 1 is 1.47 bits per heavy atom. The van der Waals surface area contributed by atoms with Gasteiger partial charge in [0.25, 0.3) is 0 Å². The molecule has 1 aromatic heterocycles. The van der Waals surface area contributed by atoms with E-state index in [9.17, 15) is 4.79 Å². The van der Waals surface area contributed by atoms with Gasteiger partial charge in [0.2, 0.25) is 5.91 Å². The molecule has 94 valence electrons. The SMILES string of the molecule is CC(=O)NCC(c1ccco1)N1CCCCC1. The number of rotatable bonds is 4. The summed E-state index contributed by atoms with van der Waals surface area (Å²) in [5, 5.41) is 2.89. The number of nitrogens with zero attached hydrogens (tertiary/aromatic N) is 1. The van der Waals surface area contributed by atoms with Crippen molar-refractivity contribution in [3.63, 3.8) is 0 Å². The van der Waals surface area contributed by atoms with E-state index in [1.807, 2.05) is 12.1 Å². The van der Waals surface area contributed by atoms with Gasteiger partial charge in [-0.3, -0.25) is 9.69 Å². The van der Waals surface area contributed by atoms with E-state index in [0.29, 0.717) is 6.54 Å². The van der Waals surface area contributed by atoms with Gasteiger partial charge in [0.15, 0.2) is 0 Å². The molecule has 0 aromatic carbocycles. The lowest BCUT2D eigenvalue weighted by Gasteiger charge is -2.33. The zero-order valence-corrected chi connectivity index (χ0v) is 10.3. The fourth-order valence-corrected chi connectivity index (χ4v) is 2.36. The molecular weight excluding hydrogens is 216 g/mol. The molecule has 0 bridgehead atoms. The van der Waals surface area contributed by atoms with E-state index in [2.05, 4.69) is 10.2 Å². The minimum Gasteiger partial charge on any atom is -0.468 e. The highest BCUT2D eigenvalue weighted by Gasteiger charge is 2.24. The first-order valence-corrected chi connectivity index (χ1v) is 6.29. The molecule has 0 saturated carbocycles. The zero-order chi connectivity index (χ0) is 12.1. The molecule has 2 rings (SSSR count). The second-order valence-electron chi connectivity index (χ2n) is 4.56. The summed E-state index contributed by atoms with van der Waals surface area (Å²) >= 11 is 0. The van der Waals surface area contributed by atoms with Crippen molar-refractivity contribution in [3.05, 3.63) is 24.2 Å². The highest BCUT2D eigenvalue weighted by Crippen LogP contribution is 2.24. The molecule has 1 N–H and O–H groups in total. The van der Waals surface area contributed by atoms with Crippen LogP contribution in [0.4, 0.5) is 0 Å². The van der Waals surface area contributed by atoms with Gasteiger partial charge in [-0.15, -0.1) is 0 Å². The van der Waals surface area contributed by atoms with Crippen molar-refractivity contribution in [2.75, 3.05) is 19.6 Å². The Labute approximate surface area is 102 Å². The fraction of sp³-hybridized carbons (Fsp3) is 0.615. The van der Waals surface area contributed by atoms with Crippen LogP contribution in [0, 0.1) is 0 Å². The average Bonchev–Trinajstić information content (AvgIpc) is 2.84. The number of likely N-dealkylation sites (tertiary alicyclic amines) is 1. The van der Waals surface area contributed by atoms with Gasteiger partial charge in [0.1, 0.15) is 5.76 Å². The van der Waals surface area contributed by atoms with Crippen LogP contribution >= 0.6 is 0 Å². The van der Waals surface area contributed by atoms with Crippen LogP contribution in [0.1, 0.15) is 38.0 Å². The summed E-state index contributed by atoms with van der Waals surface area (Å²) in [7, 11) is 0. The van der Waals surface area contributed by atoms with Crippen LogP contribution < -0.4 is 5.32 Å². The molecule has 2 heterocycles. The van der Waals surface area contributed by atoms with Crippen molar-refractivity contribution in [1.82, 2.24) is 10.2 Å². The monoisotopic (exact) mass is 236 g/mol. The van der Waals surface area contributed by atoms with E-state index in [-0.39, 0.29) is 11.9 Å². The zero-order valence-electron chi connectivity index (χ0n) is 10.3. The molecule has 1 aromatic rings. The molecule has 0 aliphatic carbocycles. The Kier molecular flexibility index (Phi) is 4.20. The van der Waals surface area contributed by atoms with Crippen molar-refractivity contribution in [1.29, 1.82) is 0 Å². The molecule has 1 fully saturated rings. The molecular formula is C13H20N2O2. The van der Waals surface area contributed by atoms with E-state index >= 15 is 0 Å². The lowest BCUT2D eigenvalue weighted by molar-refractivity contribution is -0.119. The summed E-state index contributed by atoms with van der Waals surface area (Å²) < 4.78 is 5.49. The average molecular weight is 236 g/mol. The first-order valence-electron chi connectivity index (χ1n) is 6.29. The predicted molar refractivity (Wildman–Crippen MR) is 65.6 cm³/mol. The number of amides is 1. The van der Waals surface area contributed by atoms with Crippen LogP contribution in [0.5, 0.6) is 0 Å². The normalized spacial score (nSPS) is 18.9. The van der Waals surface area contributed by atoms with Crippen molar-refractivity contribution in [3.8, 4) is 0 Å². The van der Waals surface area contributed by atoms with Crippen molar-refractivity contribution < 1.29 is 9.21 Å². The largest absolute Gasteiger partial charge is 0.468 e. The van der Waals surface area contributed by atoms with Gasteiger partial charge in [0, 0.05) is 13.5 Å². The van der Waals surface area contributed by atoms with Crippen molar-refractivity contribution in [2.24, 2.45) is 0 Å². The standard InChI is InChI=1S/C13H20N2O2/c1-11(16)14-10-12(13-6-5-9-17-13)15-7-3-2-4-8-15/h5-6,9,12H,2-4,7-8,10H2,1H3,(H,14,16). The highest BCUT2D eigenvalue weighted by molar-refractivity contribution is 5.72. The van der Waals surface area contributed by atoms with E-state index < -0.39 is 0 Å². The van der Waals surface area contributed by atoms with Gasteiger partial charge in [-0.1, -0.05) is 6.42 Å². The molecule has 1 unspecified atom stereocenters. The third-order valence-electron chi connectivity index (χ3n) is 3.25. The molecule has 17 heavy (non-hydrogen) atoms. The summed E-state index contributed by atoms with van der Waals surface area (Å²) in [5.41, 5.74) is 0. The van der Waals surface area contributed by atoms with Crippen LogP contribution in [0.3, 0.4) is 0 Å². The summed E-state index contributed by atoms with van der Waals surface area (Å²) in [6.45, 7) is 4.36. The highest BCUT2D eigenvalue weighted by atomic mass is 16.3. The number of carbonyl (C=O) groups is 1. The topological polar surface area (TPSA) is 45.5 Å². The van der Waals surface area contributed by atoms with Crippen LogP contribution in [-0.4, -0.2) is 30.4 Å². The van der Waals surface area contributed by atoms with Crippen LogP contribution in [0.15, 0.2) is 22.8 Å². The Bertz CT molecular complexity index is 342. The number of piperidine rings is 1. The summed E-state index contributed by atoms with van der Waals surface area (Å²) in [6.07, 6.45) is 5.47. The first kappa shape index (κ1) is 12.2. The maximum absolute atomic E-state index is 11.0. The van der Waals surface area contributed by atoms with E-state index in [4.69, 9.17) is 4.42 Å². The quantitative estimate of drug-likeness (QED) is 0.869. The Morgan fingerprint density at radius 3 is 2.82 bits per heavy atom. The minimum atomic E-state index is 0.0126. The Morgan fingerprint density at radius 2 is 2.24 bits per heavy atom. The van der Waals surface area contributed by atoms with E-state index in [1.54, 1.807) is 13.2 Å². The van der Waals surface area contributed by atoms with Crippen molar-refractivity contribution in [2.45, 2.75) is 32.2 Å². The number of hydrogen-bond acceptors (Lipinski definition) is 3. The molecule has 1 aliphatic heterocycles. The maximum atomic E-state index is 11.0. The molecule has 4 heteroatoms. The third kappa shape index (κ3) is 3.33. The van der Waals surface area contributed by atoms with Gasteiger partial charge >= 0.3 is 0 Å². The second kappa shape index (κ2) is 5.87. The van der Waals surface area contributed by atoms with Gasteiger partial charge in [0.05, 0.1) is 12.3 Å². The summed E-state index contributed by atoms with van der Waals surface area (Å²) in [4.78, 5) is 13.4. The molecule has 0 radical (unpaired) electrons. The third-order valence-corrected chi connectivity index (χ3v) is 3.25. The Hall–Kier alpha value is -1.29. The van der Waals surface area contributed by atoms with E-state index in [0.717, 1.165) is 18.8 Å². The maximum Gasteiger partial charge on any atom is 0.216 e. The number of furan rings is 1. The fourth-order valence-electron chi connectivity index (χ4n) is 2.36. The molecule has 0 spiro atoms.